The molecule has 8 heteroatoms. The van der Waals surface area contributed by atoms with Gasteiger partial charge in [-0.05, 0) is 30.7 Å². The van der Waals surface area contributed by atoms with E-state index in [0.29, 0.717) is 37.3 Å². The summed E-state index contributed by atoms with van der Waals surface area (Å²) in [5.41, 5.74) is 1.98. The summed E-state index contributed by atoms with van der Waals surface area (Å²) in [5, 5.41) is 12.3. The molecule has 2 N–H and O–H groups in total. The van der Waals surface area contributed by atoms with Crippen LogP contribution in [0.1, 0.15) is 22.3 Å². The van der Waals surface area contributed by atoms with Gasteiger partial charge in [-0.25, -0.2) is 9.59 Å². The van der Waals surface area contributed by atoms with Gasteiger partial charge in [-0.3, -0.25) is 4.90 Å². The van der Waals surface area contributed by atoms with Crippen LogP contribution in [0.15, 0.2) is 47.3 Å². The van der Waals surface area contributed by atoms with Crippen molar-refractivity contribution in [1.29, 1.82) is 0 Å². The van der Waals surface area contributed by atoms with Gasteiger partial charge in [-0.15, -0.1) is 0 Å². The van der Waals surface area contributed by atoms with Crippen molar-refractivity contribution in [3.8, 4) is 0 Å². The quantitative estimate of drug-likeness (QED) is 0.738. The highest BCUT2D eigenvalue weighted by atomic mass is 16.5. The Morgan fingerprint density at radius 2 is 2.18 bits per heavy atom. The smallest absolute Gasteiger partial charge is 0.337 e. The molecule has 1 atom stereocenters. The van der Waals surface area contributed by atoms with E-state index in [0.717, 1.165) is 12.1 Å². The highest BCUT2D eigenvalue weighted by Gasteiger charge is 2.29. The summed E-state index contributed by atoms with van der Waals surface area (Å²) in [7, 11) is 1.32. The molecule has 8 nitrogen and oxygen atoms in total. The van der Waals surface area contributed by atoms with E-state index >= 15 is 0 Å². The van der Waals surface area contributed by atoms with Crippen LogP contribution >= 0.6 is 0 Å². The van der Waals surface area contributed by atoms with E-state index < -0.39 is 5.97 Å². The number of carbonyl (C=O) groups is 2. The standard InChI is InChI=1S/C20H25N3O5/c1-27-19(25)16-3-2-4-17(11-16)21-20(26)23-8-7-22(18(13-23)5-9-24)12-15-6-10-28-14-15/h2-4,6,10-11,14,18,24H,5,7-9,12-13H2,1H3,(H,21,26). The molecule has 1 saturated heterocycles. The first-order valence-electron chi connectivity index (χ1n) is 9.21. The summed E-state index contributed by atoms with van der Waals surface area (Å²) in [6.45, 7) is 2.57. The Morgan fingerprint density at radius 1 is 1.32 bits per heavy atom. The Balaban J connectivity index is 1.62. The number of urea groups is 1. The van der Waals surface area contributed by atoms with Crippen LogP contribution in [-0.4, -0.2) is 66.3 Å². The van der Waals surface area contributed by atoms with E-state index in [1.165, 1.54) is 7.11 Å². The minimum atomic E-state index is -0.452. The summed E-state index contributed by atoms with van der Waals surface area (Å²) >= 11 is 0. The number of benzene rings is 1. The Bertz CT molecular complexity index is 793. The molecule has 1 aliphatic heterocycles. The molecular formula is C20H25N3O5. The van der Waals surface area contributed by atoms with Gasteiger partial charge in [-0.2, -0.15) is 0 Å². The second kappa shape index (κ2) is 9.38. The molecule has 1 aliphatic rings. The molecular weight excluding hydrogens is 362 g/mol. The topological polar surface area (TPSA) is 95.3 Å². The van der Waals surface area contributed by atoms with Crippen molar-refractivity contribution in [3.63, 3.8) is 0 Å². The number of hydrogen-bond donors (Lipinski definition) is 2. The lowest BCUT2D eigenvalue weighted by molar-refractivity contribution is 0.0600. The van der Waals surface area contributed by atoms with Crippen molar-refractivity contribution in [2.75, 3.05) is 38.7 Å². The number of aliphatic hydroxyl groups excluding tert-OH is 1. The van der Waals surface area contributed by atoms with E-state index in [1.807, 2.05) is 6.07 Å². The number of ether oxygens (including phenoxy) is 1. The van der Waals surface area contributed by atoms with Gasteiger partial charge < -0.3 is 24.5 Å². The van der Waals surface area contributed by atoms with Crippen molar-refractivity contribution in [1.82, 2.24) is 9.80 Å². The van der Waals surface area contributed by atoms with Crippen molar-refractivity contribution >= 4 is 17.7 Å². The molecule has 150 valence electrons. The third-order valence-corrected chi connectivity index (χ3v) is 4.85. The van der Waals surface area contributed by atoms with Gasteiger partial charge in [-0.1, -0.05) is 6.07 Å². The predicted molar refractivity (Wildman–Crippen MR) is 103 cm³/mol. The van der Waals surface area contributed by atoms with Gasteiger partial charge >= 0.3 is 12.0 Å². The number of rotatable bonds is 6. The van der Waals surface area contributed by atoms with Crippen molar-refractivity contribution < 1.29 is 23.8 Å². The molecule has 0 spiro atoms. The zero-order valence-corrected chi connectivity index (χ0v) is 15.8. The van der Waals surface area contributed by atoms with E-state index in [1.54, 1.807) is 41.7 Å². The third kappa shape index (κ3) is 4.90. The molecule has 2 heterocycles. The Kier molecular flexibility index (Phi) is 6.67. The summed E-state index contributed by atoms with van der Waals surface area (Å²) in [5.74, 6) is -0.452. The number of carbonyl (C=O) groups excluding carboxylic acids is 2. The zero-order chi connectivity index (χ0) is 19.9. The predicted octanol–water partition coefficient (Wildman–Crippen LogP) is 2.17. The average molecular weight is 387 g/mol. The molecule has 0 radical (unpaired) electrons. The van der Waals surface area contributed by atoms with Gasteiger partial charge in [0.1, 0.15) is 0 Å². The number of aliphatic hydroxyl groups is 1. The molecule has 1 fully saturated rings. The Morgan fingerprint density at radius 3 is 2.89 bits per heavy atom. The van der Waals surface area contributed by atoms with E-state index in [2.05, 4.69) is 10.2 Å². The highest BCUT2D eigenvalue weighted by Crippen LogP contribution is 2.18. The molecule has 0 saturated carbocycles. The molecule has 2 aromatic rings. The van der Waals surface area contributed by atoms with Gasteiger partial charge in [0.25, 0.3) is 0 Å². The number of anilines is 1. The number of piperazine rings is 1. The minimum Gasteiger partial charge on any atom is -0.472 e. The highest BCUT2D eigenvalue weighted by molar-refractivity contribution is 5.93. The first-order chi connectivity index (χ1) is 13.6. The number of furan rings is 1. The molecule has 0 aliphatic carbocycles. The fourth-order valence-electron chi connectivity index (χ4n) is 3.37. The van der Waals surface area contributed by atoms with Crippen LogP contribution in [0.5, 0.6) is 0 Å². The van der Waals surface area contributed by atoms with Crippen LogP contribution in [0.3, 0.4) is 0 Å². The number of nitrogens with zero attached hydrogens (tertiary/aromatic N) is 2. The van der Waals surface area contributed by atoms with Crippen molar-refractivity contribution in [2.45, 2.75) is 19.0 Å². The molecule has 1 aromatic heterocycles. The van der Waals surface area contributed by atoms with Crippen LogP contribution in [0, 0.1) is 0 Å². The van der Waals surface area contributed by atoms with Gasteiger partial charge in [0, 0.05) is 50.1 Å². The van der Waals surface area contributed by atoms with Crippen LogP contribution in [0.2, 0.25) is 0 Å². The van der Waals surface area contributed by atoms with Crippen LogP contribution in [0.25, 0.3) is 0 Å². The monoisotopic (exact) mass is 387 g/mol. The maximum absolute atomic E-state index is 12.7. The van der Waals surface area contributed by atoms with Crippen LogP contribution in [0.4, 0.5) is 10.5 Å². The first kappa shape index (κ1) is 19.9. The average Bonchev–Trinajstić information content (AvgIpc) is 3.22. The number of amides is 2. The SMILES string of the molecule is COC(=O)c1cccc(NC(=O)N2CCN(Cc3ccoc3)C(CCO)C2)c1. The molecule has 1 aromatic carbocycles. The molecule has 3 rings (SSSR count). The summed E-state index contributed by atoms with van der Waals surface area (Å²) in [6.07, 6.45) is 3.94. The van der Waals surface area contributed by atoms with Crippen LogP contribution < -0.4 is 5.32 Å². The summed E-state index contributed by atoms with van der Waals surface area (Å²) in [4.78, 5) is 28.3. The molecule has 0 bridgehead atoms. The lowest BCUT2D eigenvalue weighted by Gasteiger charge is -2.41. The number of methoxy groups -OCH3 is 1. The minimum absolute atomic E-state index is 0.0563. The van der Waals surface area contributed by atoms with Crippen molar-refractivity contribution in [3.05, 3.63) is 54.0 Å². The second-order valence-electron chi connectivity index (χ2n) is 6.72. The second-order valence-corrected chi connectivity index (χ2v) is 6.72. The number of esters is 1. The summed E-state index contributed by atoms with van der Waals surface area (Å²) in [6, 6.07) is 8.39. The fourth-order valence-corrected chi connectivity index (χ4v) is 3.37. The maximum Gasteiger partial charge on any atom is 0.337 e. The fraction of sp³-hybridized carbons (Fsp3) is 0.400. The largest absolute Gasteiger partial charge is 0.472 e. The lowest BCUT2D eigenvalue weighted by atomic mass is 10.1. The van der Waals surface area contributed by atoms with Gasteiger partial charge in [0.05, 0.1) is 25.2 Å². The van der Waals surface area contributed by atoms with E-state index in [4.69, 9.17) is 9.15 Å². The maximum atomic E-state index is 12.7. The first-order valence-corrected chi connectivity index (χ1v) is 9.21. The molecule has 28 heavy (non-hydrogen) atoms. The summed E-state index contributed by atoms with van der Waals surface area (Å²) < 4.78 is 9.84. The van der Waals surface area contributed by atoms with Gasteiger partial charge in [0.15, 0.2) is 0 Å². The lowest BCUT2D eigenvalue weighted by Crippen LogP contribution is -2.55. The number of hydrogen-bond acceptors (Lipinski definition) is 6. The normalized spacial score (nSPS) is 17.4. The van der Waals surface area contributed by atoms with Gasteiger partial charge in [0.2, 0.25) is 0 Å². The molecule has 1 unspecified atom stereocenters. The van der Waals surface area contributed by atoms with Crippen LogP contribution in [-0.2, 0) is 11.3 Å². The Labute approximate surface area is 163 Å². The third-order valence-electron chi connectivity index (χ3n) is 4.85. The van der Waals surface area contributed by atoms with E-state index in [-0.39, 0.29) is 18.7 Å². The number of nitrogens with one attached hydrogen (secondary N) is 1. The van der Waals surface area contributed by atoms with Crippen molar-refractivity contribution in [2.24, 2.45) is 0 Å². The molecule has 2 amide bonds. The Hall–Kier alpha value is -2.84. The van der Waals surface area contributed by atoms with E-state index in [9.17, 15) is 14.7 Å². The zero-order valence-electron chi connectivity index (χ0n) is 15.8.